The Morgan fingerprint density at radius 3 is 2.95 bits per heavy atom. The number of hydrogen-bond acceptors (Lipinski definition) is 1. The summed E-state index contributed by atoms with van der Waals surface area (Å²) in [6, 6.07) is 5.51. The van der Waals surface area contributed by atoms with Crippen molar-refractivity contribution in [3.05, 3.63) is 29.3 Å². The van der Waals surface area contributed by atoms with Gasteiger partial charge in [0, 0.05) is 0 Å². The molecule has 3 aliphatic rings. The fraction of sp³-hybridized carbons (Fsp3) is 0.684. The first kappa shape index (κ1) is 12.3. The number of hydrogen-bond donors (Lipinski definition) is 0. The standard InChI is InChI=1S/C19H24F2O/c20-18(21)12-22-15-7-6-14-10-13-4-3-9-19(17(14)11-15)8-2-1-5-16(13)19/h6-7,11,13,16,18H,1-5,8-10,12H2/t13-,16+,19-/m0/s1/i12D2. The second kappa shape index (κ2) is 5.50. The third kappa shape index (κ3) is 2.24. The number of alkyl halides is 2. The van der Waals surface area contributed by atoms with Crippen LogP contribution in [0, 0.1) is 11.8 Å². The largest absolute Gasteiger partial charge is 0.488 e. The van der Waals surface area contributed by atoms with Crippen molar-refractivity contribution in [3.8, 4) is 5.75 Å². The maximum Gasteiger partial charge on any atom is 0.272 e. The van der Waals surface area contributed by atoms with Gasteiger partial charge in [0.15, 0.2) is 0 Å². The van der Waals surface area contributed by atoms with Crippen LogP contribution in [0.1, 0.15) is 58.8 Å². The molecule has 4 rings (SSSR count). The number of fused-ring (bicyclic) bond motifs is 1. The minimum atomic E-state index is -3.16. The van der Waals surface area contributed by atoms with Crippen LogP contribution in [-0.2, 0) is 11.8 Å². The zero-order valence-corrected chi connectivity index (χ0v) is 12.8. The van der Waals surface area contributed by atoms with Crippen molar-refractivity contribution in [2.45, 2.75) is 63.2 Å². The van der Waals surface area contributed by atoms with Gasteiger partial charge in [-0.15, -0.1) is 0 Å². The van der Waals surface area contributed by atoms with E-state index in [1.807, 2.05) is 12.1 Å². The minimum absolute atomic E-state index is 0.172. The van der Waals surface area contributed by atoms with Crippen molar-refractivity contribution >= 4 is 0 Å². The van der Waals surface area contributed by atoms with Crippen molar-refractivity contribution in [2.75, 3.05) is 6.56 Å². The average Bonchev–Trinajstić information content (AvgIpc) is 2.55. The van der Waals surface area contributed by atoms with E-state index in [9.17, 15) is 8.78 Å². The van der Waals surface area contributed by atoms with Crippen molar-refractivity contribution in [1.82, 2.24) is 0 Å². The molecule has 2 fully saturated rings. The Labute approximate surface area is 133 Å². The molecule has 1 aromatic carbocycles. The van der Waals surface area contributed by atoms with Gasteiger partial charge in [0.2, 0.25) is 0 Å². The van der Waals surface area contributed by atoms with Gasteiger partial charge in [-0.25, -0.2) is 8.78 Å². The maximum absolute atomic E-state index is 12.8. The summed E-state index contributed by atoms with van der Waals surface area (Å²) in [5.41, 5.74) is 2.75. The highest BCUT2D eigenvalue weighted by atomic mass is 19.3. The van der Waals surface area contributed by atoms with Crippen LogP contribution in [0.15, 0.2) is 18.2 Å². The fourth-order valence-corrected chi connectivity index (χ4v) is 5.51. The number of rotatable bonds is 3. The minimum Gasteiger partial charge on any atom is -0.488 e. The first-order valence-electron chi connectivity index (χ1n) is 9.53. The molecule has 0 radical (unpaired) electrons. The van der Waals surface area contributed by atoms with Crippen LogP contribution in [-0.4, -0.2) is 13.0 Å². The van der Waals surface area contributed by atoms with Crippen LogP contribution >= 0.6 is 0 Å². The molecule has 0 unspecified atom stereocenters. The molecule has 2 saturated carbocycles. The summed E-state index contributed by atoms with van der Waals surface area (Å²) in [6.07, 6.45) is 6.60. The van der Waals surface area contributed by atoms with Gasteiger partial charge in [-0.2, -0.15) is 0 Å². The molecule has 0 aromatic heterocycles. The van der Waals surface area contributed by atoms with E-state index in [4.69, 9.17) is 7.48 Å². The zero-order chi connectivity index (χ0) is 16.9. The highest BCUT2D eigenvalue weighted by Gasteiger charge is 2.51. The topological polar surface area (TPSA) is 9.23 Å². The fourth-order valence-electron chi connectivity index (χ4n) is 5.51. The normalized spacial score (nSPS) is 35.2. The monoisotopic (exact) mass is 308 g/mol. The van der Waals surface area contributed by atoms with Gasteiger partial charge in [-0.1, -0.05) is 25.3 Å². The van der Waals surface area contributed by atoms with E-state index >= 15 is 0 Å². The zero-order valence-electron chi connectivity index (χ0n) is 14.8. The van der Waals surface area contributed by atoms with Gasteiger partial charge in [-0.05, 0) is 72.6 Å². The molecule has 3 heteroatoms. The number of benzene rings is 1. The Hall–Kier alpha value is -1.12. The van der Waals surface area contributed by atoms with Crippen LogP contribution in [0.3, 0.4) is 0 Å². The Morgan fingerprint density at radius 2 is 2.09 bits per heavy atom. The van der Waals surface area contributed by atoms with Crippen LogP contribution in [0.25, 0.3) is 0 Å². The van der Waals surface area contributed by atoms with Crippen LogP contribution < -0.4 is 4.74 Å². The molecule has 3 atom stereocenters. The highest BCUT2D eigenvalue weighted by Crippen LogP contribution is 2.59. The lowest BCUT2D eigenvalue weighted by molar-refractivity contribution is 0.0514. The van der Waals surface area contributed by atoms with Gasteiger partial charge in [0.05, 0.1) is 2.74 Å². The summed E-state index contributed by atoms with van der Waals surface area (Å²) in [5, 5.41) is 0. The Bertz CT molecular complexity index is 630. The molecule has 1 nitrogen and oxygen atoms in total. The van der Waals surface area contributed by atoms with Crippen molar-refractivity contribution in [1.29, 1.82) is 0 Å². The Kier molecular flexibility index (Phi) is 3.08. The first-order valence-corrected chi connectivity index (χ1v) is 8.53. The lowest BCUT2D eigenvalue weighted by atomic mass is 9.49. The molecule has 22 heavy (non-hydrogen) atoms. The molecular formula is C19H24F2O. The van der Waals surface area contributed by atoms with Crippen LogP contribution in [0.2, 0.25) is 0 Å². The summed E-state index contributed by atoms with van der Waals surface area (Å²) >= 11 is 0. The third-order valence-electron chi connectivity index (χ3n) is 6.23. The SMILES string of the molecule is [2H]C([2H])(Oc1ccc2c(c1)[C@]13CCCC[C@@H]1[C@@H](CCC3)C2)C(F)F. The van der Waals surface area contributed by atoms with Crippen molar-refractivity contribution in [2.24, 2.45) is 11.8 Å². The predicted octanol–water partition coefficient (Wildman–Crippen LogP) is 5.11. The summed E-state index contributed by atoms with van der Waals surface area (Å²) in [6.45, 7) is -2.94. The van der Waals surface area contributed by atoms with Crippen molar-refractivity contribution < 1.29 is 16.3 Å². The summed E-state index contributed by atoms with van der Waals surface area (Å²) in [7, 11) is 0. The summed E-state index contributed by atoms with van der Waals surface area (Å²) < 4.78 is 45.4. The van der Waals surface area contributed by atoms with Gasteiger partial charge >= 0.3 is 0 Å². The van der Waals surface area contributed by atoms with Gasteiger partial charge in [-0.3, -0.25) is 0 Å². The van der Waals surface area contributed by atoms with Gasteiger partial charge in [0.25, 0.3) is 6.43 Å². The van der Waals surface area contributed by atoms with E-state index in [0.29, 0.717) is 5.92 Å². The first-order chi connectivity index (χ1) is 11.4. The summed E-state index contributed by atoms with van der Waals surface area (Å²) in [5.74, 6) is 1.70. The molecule has 0 aliphatic heterocycles. The second-order valence-electron chi connectivity index (χ2n) is 7.20. The number of halogens is 2. The smallest absolute Gasteiger partial charge is 0.272 e. The van der Waals surface area contributed by atoms with Crippen molar-refractivity contribution in [3.63, 3.8) is 0 Å². The summed E-state index contributed by atoms with van der Waals surface area (Å²) in [4.78, 5) is 0. The predicted molar refractivity (Wildman–Crippen MR) is 82.6 cm³/mol. The van der Waals surface area contributed by atoms with E-state index in [-0.39, 0.29) is 11.2 Å². The van der Waals surface area contributed by atoms with E-state index < -0.39 is 13.0 Å². The molecule has 0 spiro atoms. The molecule has 0 N–H and O–H groups in total. The molecule has 0 saturated heterocycles. The lowest BCUT2D eigenvalue weighted by Crippen LogP contribution is -2.49. The number of ether oxygens (including phenoxy) is 1. The van der Waals surface area contributed by atoms with Gasteiger partial charge < -0.3 is 4.74 Å². The van der Waals surface area contributed by atoms with Crippen LogP contribution in [0.5, 0.6) is 5.75 Å². The molecule has 3 aliphatic carbocycles. The molecule has 0 amide bonds. The third-order valence-corrected chi connectivity index (χ3v) is 6.23. The molecule has 120 valence electrons. The Balaban J connectivity index is 1.73. The molecule has 0 heterocycles. The molecular weight excluding hydrogens is 282 g/mol. The highest BCUT2D eigenvalue weighted by molar-refractivity contribution is 5.44. The quantitative estimate of drug-likeness (QED) is 0.753. The van der Waals surface area contributed by atoms with E-state index in [1.165, 1.54) is 56.1 Å². The maximum atomic E-state index is 12.8. The average molecular weight is 308 g/mol. The molecule has 2 bridgehead atoms. The Morgan fingerprint density at radius 1 is 1.23 bits per heavy atom. The van der Waals surface area contributed by atoms with Crippen LogP contribution in [0.4, 0.5) is 8.78 Å². The lowest BCUT2D eigenvalue weighted by Gasteiger charge is -2.55. The second-order valence-corrected chi connectivity index (χ2v) is 7.20. The molecule has 1 aromatic rings. The van der Waals surface area contributed by atoms with E-state index in [0.717, 1.165) is 12.3 Å². The van der Waals surface area contributed by atoms with E-state index in [2.05, 4.69) is 0 Å². The van der Waals surface area contributed by atoms with E-state index in [1.54, 1.807) is 6.07 Å². The van der Waals surface area contributed by atoms with Gasteiger partial charge in [0.1, 0.15) is 12.3 Å².